The molecule has 1 aromatic carbocycles. The van der Waals surface area contributed by atoms with Gasteiger partial charge in [-0.15, -0.1) is 0 Å². The van der Waals surface area contributed by atoms with Crippen LogP contribution < -0.4 is 10.1 Å². The van der Waals surface area contributed by atoms with Crippen molar-refractivity contribution in [2.45, 2.75) is 6.04 Å². The normalized spacial score (nSPS) is 17.6. The first-order valence-corrected chi connectivity index (χ1v) is 8.04. The quantitative estimate of drug-likeness (QED) is 0.940. The average Bonchev–Trinajstić information content (AvgIpc) is 3.04. The number of nitrogens with zero attached hydrogens (tertiary/aromatic N) is 1. The number of halogens is 1. The second-order valence-corrected chi connectivity index (χ2v) is 5.91. The molecule has 0 amide bonds. The van der Waals surface area contributed by atoms with E-state index in [4.69, 9.17) is 4.74 Å². The molecule has 3 nitrogen and oxygen atoms in total. The van der Waals surface area contributed by atoms with Crippen molar-refractivity contribution in [3.63, 3.8) is 0 Å². The molecule has 2 heterocycles. The van der Waals surface area contributed by atoms with Crippen LogP contribution in [0.5, 0.6) is 5.75 Å². The Balaban J connectivity index is 2.02. The third kappa shape index (κ3) is 3.10. The minimum atomic E-state index is -0.175. The molecule has 1 atom stereocenters. The highest BCUT2D eigenvalue weighted by Crippen LogP contribution is 2.33. The fraction of sp³-hybridized carbons (Fsp3) is 0.375. The van der Waals surface area contributed by atoms with E-state index in [1.165, 1.54) is 6.07 Å². The third-order valence-electron chi connectivity index (χ3n) is 3.87. The smallest absolute Gasteiger partial charge is 0.128 e. The summed E-state index contributed by atoms with van der Waals surface area (Å²) in [6.07, 6.45) is 0. The number of methoxy groups -OCH3 is 1. The van der Waals surface area contributed by atoms with Crippen molar-refractivity contribution in [2.75, 3.05) is 33.3 Å². The molecule has 0 spiro atoms. The fourth-order valence-corrected chi connectivity index (χ4v) is 3.50. The summed E-state index contributed by atoms with van der Waals surface area (Å²) in [6.45, 7) is 3.70. The van der Waals surface area contributed by atoms with Gasteiger partial charge >= 0.3 is 0 Å². The highest BCUT2D eigenvalue weighted by molar-refractivity contribution is 7.08. The topological polar surface area (TPSA) is 24.5 Å². The molecule has 1 aliphatic heterocycles. The van der Waals surface area contributed by atoms with Crippen LogP contribution in [0.2, 0.25) is 0 Å². The van der Waals surface area contributed by atoms with Gasteiger partial charge in [0.2, 0.25) is 0 Å². The van der Waals surface area contributed by atoms with Crippen LogP contribution in [0.1, 0.15) is 17.2 Å². The molecule has 0 unspecified atom stereocenters. The van der Waals surface area contributed by atoms with E-state index >= 15 is 0 Å². The van der Waals surface area contributed by atoms with Crippen molar-refractivity contribution in [2.24, 2.45) is 0 Å². The molecule has 0 aliphatic carbocycles. The number of hydrogen-bond donors (Lipinski definition) is 1. The van der Waals surface area contributed by atoms with Gasteiger partial charge in [-0.25, -0.2) is 4.39 Å². The number of piperazine rings is 1. The first kappa shape index (κ1) is 14.5. The lowest BCUT2D eigenvalue weighted by molar-refractivity contribution is 0.195. The number of rotatable bonds is 4. The van der Waals surface area contributed by atoms with Crippen LogP contribution in [0.3, 0.4) is 0 Å². The summed E-state index contributed by atoms with van der Waals surface area (Å²) in [5, 5.41) is 7.49. The number of thiophene rings is 1. The predicted molar refractivity (Wildman–Crippen MR) is 83.6 cm³/mol. The van der Waals surface area contributed by atoms with E-state index in [-0.39, 0.29) is 11.9 Å². The molecule has 1 N–H and O–H groups in total. The second kappa shape index (κ2) is 6.56. The Morgan fingerprint density at radius 3 is 2.76 bits per heavy atom. The minimum absolute atomic E-state index is 0.0477. The molecule has 1 fully saturated rings. The number of ether oxygens (including phenoxy) is 1. The highest BCUT2D eigenvalue weighted by Gasteiger charge is 2.26. The predicted octanol–water partition coefficient (Wildman–Crippen LogP) is 2.89. The van der Waals surface area contributed by atoms with Crippen molar-refractivity contribution in [1.82, 2.24) is 10.2 Å². The largest absolute Gasteiger partial charge is 0.497 e. The summed E-state index contributed by atoms with van der Waals surface area (Å²) in [4.78, 5) is 2.33. The van der Waals surface area contributed by atoms with Crippen LogP contribution in [0.4, 0.5) is 4.39 Å². The van der Waals surface area contributed by atoms with Crippen LogP contribution in [0.25, 0.3) is 0 Å². The Kier molecular flexibility index (Phi) is 4.53. The molecule has 0 radical (unpaired) electrons. The zero-order valence-corrected chi connectivity index (χ0v) is 12.8. The van der Waals surface area contributed by atoms with E-state index in [9.17, 15) is 4.39 Å². The molecular weight excluding hydrogens is 287 g/mol. The van der Waals surface area contributed by atoms with Gasteiger partial charge in [-0.1, -0.05) is 0 Å². The molecule has 1 aromatic heterocycles. The average molecular weight is 306 g/mol. The molecule has 5 heteroatoms. The molecule has 3 rings (SSSR count). The molecular formula is C16H19FN2OS. The van der Waals surface area contributed by atoms with Gasteiger partial charge in [0.05, 0.1) is 13.2 Å². The molecule has 1 aliphatic rings. The summed E-state index contributed by atoms with van der Waals surface area (Å²) in [7, 11) is 1.61. The summed E-state index contributed by atoms with van der Waals surface area (Å²) in [5.74, 6) is 0.521. The van der Waals surface area contributed by atoms with Crippen LogP contribution in [0, 0.1) is 5.82 Å². The summed E-state index contributed by atoms with van der Waals surface area (Å²) >= 11 is 1.65. The Morgan fingerprint density at radius 1 is 1.29 bits per heavy atom. The first-order valence-electron chi connectivity index (χ1n) is 7.10. The first-order chi connectivity index (χ1) is 10.3. The van der Waals surface area contributed by atoms with Gasteiger partial charge in [0.1, 0.15) is 11.6 Å². The van der Waals surface area contributed by atoms with Gasteiger partial charge in [-0.3, -0.25) is 4.90 Å². The SMILES string of the molecule is COc1ccc(F)c([C@@H](c2ccsc2)N2CCNCC2)c1. The monoisotopic (exact) mass is 306 g/mol. The number of hydrogen-bond acceptors (Lipinski definition) is 4. The van der Waals surface area contributed by atoms with Gasteiger partial charge < -0.3 is 10.1 Å². The van der Waals surface area contributed by atoms with Gasteiger partial charge in [0, 0.05) is 31.7 Å². The van der Waals surface area contributed by atoms with E-state index in [0.717, 1.165) is 31.7 Å². The number of nitrogens with one attached hydrogen (secondary N) is 1. The second-order valence-electron chi connectivity index (χ2n) is 5.13. The maximum Gasteiger partial charge on any atom is 0.128 e. The van der Waals surface area contributed by atoms with Crippen LogP contribution in [-0.2, 0) is 0 Å². The fourth-order valence-electron chi connectivity index (χ4n) is 2.82. The van der Waals surface area contributed by atoms with E-state index in [2.05, 4.69) is 21.7 Å². The molecule has 0 saturated carbocycles. The van der Waals surface area contributed by atoms with Crippen molar-refractivity contribution >= 4 is 11.3 Å². The Morgan fingerprint density at radius 2 is 2.10 bits per heavy atom. The van der Waals surface area contributed by atoms with E-state index in [1.54, 1.807) is 24.5 Å². The summed E-state index contributed by atoms with van der Waals surface area (Å²) in [5.41, 5.74) is 1.84. The Labute approximate surface area is 128 Å². The van der Waals surface area contributed by atoms with Crippen LogP contribution in [0.15, 0.2) is 35.0 Å². The maximum absolute atomic E-state index is 14.4. The zero-order valence-electron chi connectivity index (χ0n) is 12.0. The summed E-state index contributed by atoms with van der Waals surface area (Å²) in [6, 6.07) is 7.01. The lowest BCUT2D eigenvalue weighted by atomic mass is 9.98. The highest BCUT2D eigenvalue weighted by atomic mass is 32.1. The molecule has 21 heavy (non-hydrogen) atoms. The van der Waals surface area contributed by atoms with Crippen molar-refractivity contribution < 1.29 is 9.13 Å². The van der Waals surface area contributed by atoms with Gasteiger partial charge in [0.15, 0.2) is 0 Å². The molecule has 2 aromatic rings. The maximum atomic E-state index is 14.4. The lowest BCUT2D eigenvalue weighted by Crippen LogP contribution is -2.45. The van der Waals surface area contributed by atoms with Gasteiger partial charge in [-0.05, 0) is 40.6 Å². The van der Waals surface area contributed by atoms with E-state index in [0.29, 0.717) is 11.3 Å². The standard InChI is InChI=1S/C16H19FN2OS/c1-20-13-2-3-15(17)14(10-13)16(12-4-9-21-11-12)19-7-5-18-6-8-19/h2-4,9-11,16,18H,5-8H2,1H3/t16-/m1/s1. The minimum Gasteiger partial charge on any atom is -0.497 e. The van der Waals surface area contributed by atoms with E-state index in [1.807, 2.05) is 11.4 Å². The van der Waals surface area contributed by atoms with Gasteiger partial charge in [0.25, 0.3) is 0 Å². The third-order valence-corrected chi connectivity index (χ3v) is 4.57. The molecule has 112 valence electrons. The van der Waals surface area contributed by atoms with Crippen molar-refractivity contribution in [1.29, 1.82) is 0 Å². The Hall–Kier alpha value is -1.43. The van der Waals surface area contributed by atoms with E-state index < -0.39 is 0 Å². The number of benzene rings is 1. The van der Waals surface area contributed by atoms with Crippen molar-refractivity contribution in [3.8, 4) is 5.75 Å². The van der Waals surface area contributed by atoms with Crippen LogP contribution >= 0.6 is 11.3 Å². The van der Waals surface area contributed by atoms with Gasteiger partial charge in [-0.2, -0.15) is 11.3 Å². The summed E-state index contributed by atoms with van der Waals surface area (Å²) < 4.78 is 19.7. The molecule has 0 bridgehead atoms. The Bertz CT molecular complexity index is 582. The molecule has 1 saturated heterocycles. The lowest BCUT2D eigenvalue weighted by Gasteiger charge is -2.35. The van der Waals surface area contributed by atoms with Crippen LogP contribution in [-0.4, -0.2) is 38.2 Å². The zero-order chi connectivity index (χ0) is 14.7. The van der Waals surface area contributed by atoms with Crippen molar-refractivity contribution in [3.05, 3.63) is 52.0 Å².